The van der Waals surface area contributed by atoms with E-state index in [9.17, 15) is 0 Å². The van der Waals surface area contributed by atoms with Crippen LogP contribution in [0.1, 0.15) is 30.4 Å². The Morgan fingerprint density at radius 1 is 1.40 bits per heavy atom. The van der Waals surface area contributed by atoms with E-state index < -0.39 is 0 Å². The summed E-state index contributed by atoms with van der Waals surface area (Å²) in [5.74, 6) is 0. The number of nitrogens with one attached hydrogen (secondary N) is 2. The molecule has 1 aromatic heterocycles. The van der Waals surface area contributed by atoms with Crippen molar-refractivity contribution in [2.75, 3.05) is 13.1 Å². The number of rotatable bonds is 3. The van der Waals surface area contributed by atoms with Gasteiger partial charge in [-0.3, -0.25) is 0 Å². The molecule has 0 radical (unpaired) electrons. The summed E-state index contributed by atoms with van der Waals surface area (Å²) in [5, 5.41) is 11.6. The van der Waals surface area contributed by atoms with Crippen molar-refractivity contribution in [1.82, 2.24) is 10.6 Å². The van der Waals surface area contributed by atoms with Crippen molar-refractivity contribution >= 4 is 11.3 Å². The van der Waals surface area contributed by atoms with E-state index in [1.165, 1.54) is 43.5 Å². The van der Waals surface area contributed by atoms with Gasteiger partial charge in [-0.2, -0.15) is 11.3 Å². The third kappa shape index (κ3) is 3.30. The molecule has 1 fully saturated rings. The largest absolute Gasteiger partial charge is 0.317 e. The van der Waals surface area contributed by atoms with Crippen molar-refractivity contribution in [1.29, 1.82) is 0 Å². The van der Waals surface area contributed by atoms with Crippen LogP contribution in [0.25, 0.3) is 0 Å². The SMILES string of the molecule is Cc1cscc1CNC1CCCNCC1. The number of thiophene rings is 1. The molecular formula is C12H20N2S. The minimum absolute atomic E-state index is 0.708. The van der Waals surface area contributed by atoms with Crippen LogP contribution in [0.15, 0.2) is 10.8 Å². The first-order valence-corrected chi connectivity index (χ1v) is 6.76. The van der Waals surface area contributed by atoms with E-state index in [0.717, 1.165) is 6.54 Å². The van der Waals surface area contributed by atoms with Gasteiger partial charge in [0.15, 0.2) is 0 Å². The van der Waals surface area contributed by atoms with Crippen molar-refractivity contribution in [3.05, 3.63) is 21.9 Å². The van der Waals surface area contributed by atoms with E-state index >= 15 is 0 Å². The van der Waals surface area contributed by atoms with Gasteiger partial charge >= 0.3 is 0 Å². The first kappa shape index (κ1) is 11.1. The van der Waals surface area contributed by atoms with Crippen LogP contribution in [-0.2, 0) is 6.54 Å². The molecule has 0 aromatic carbocycles. The van der Waals surface area contributed by atoms with Gasteiger partial charge in [0, 0.05) is 12.6 Å². The van der Waals surface area contributed by atoms with E-state index in [0.29, 0.717) is 6.04 Å². The van der Waals surface area contributed by atoms with Gasteiger partial charge in [0.2, 0.25) is 0 Å². The van der Waals surface area contributed by atoms with Gasteiger partial charge in [-0.25, -0.2) is 0 Å². The third-order valence-electron chi connectivity index (χ3n) is 3.12. The third-order valence-corrected chi connectivity index (χ3v) is 4.03. The monoisotopic (exact) mass is 224 g/mol. The summed E-state index contributed by atoms with van der Waals surface area (Å²) in [5.41, 5.74) is 2.90. The predicted octanol–water partition coefficient (Wildman–Crippen LogP) is 2.29. The first-order valence-electron chi connectivity index (χ1n) is 5.82. The molecule has 1 aromatic rings. The van der Waals surface area contributed by atoms with Gasteiger partial charge in [-0.15, -0.1) is 0 Å². The maximum Gasteiger partial charge on any atom is 0.0218 e. The Bertz CT molecular complexity index is 288. The smallest absolute Gasteiger partial charge is 0.0218 e. The van der Waals surface area contributed by atoms with Crippen LogP contribution in [0, 0.1) is 6.92 Å². The zero-order chi connectivity index (χ0) is 10.5. The molecule has 1 atom stereocenters. The summed E-state index contributed by atoms with van der Waals surface area (Å²) >= 11 is 1.80. The van der Waals surface area contributed by atoms with Gasteiger partial charge < -0.3 is 10.6 Å². The van der Waals surface area contributed by atoms with Crippen molar-refractivity contribution in [3.63, 3.8) is 0 Å². The Balaban J connectivity index is 1.79. The average Bonchev–Trinajstić information content (AvgIpc) is 2.53. The quantitative estimate of drug-likeness (QED) is 0.823. The topological polar surface area (TPSA) is 24.1 Å². The predicted molar refractivity (Wildman–Crippen MR) is 66.4 cm³/mol. The lowest BCUT2D eigenvalue weighted by atomic mass is 10.1. The van der Waals surface area contributed by atoms with Crippen LogP contribution in [0.5, 0.6) is 0 Å². The summed E-state index contributed by atoms with van der Waals surface area (Å²) in [6, 6.07) is 0.708. The first-order chi connectivity index (χ1) is 7.36. The fourth-order valence-electron chi connectivity index (χ4n) is 2.05. The Morgan fingerprint density at radius 2 is 2.33 bits per heavy atom. The molecule has 0 amide bonds. The number of aryl methyl sites for hydroxylation is 1. The summed E-state index contributed by atoms with van der Waals surface area (Å²) < 4.78 is 0. The molecule has 15 heavy (non-hydrogen) atoms. The maximum absolute atomic E-state index is 3.67. The lowest BCUT2D eigenvalue weighted by Crippen LogP contribution is -2.29. The van der Waals surface area contributed by atoms with Crippen LogP contribution in [0.3, 0.4) is 0 Å². The minimum atomic E-state index is 0.708. The van der Waals surface area contributed by atoms with Crippen molar-refractivity contribution in [2.45, 2.75) is 38.8 Å². The fourth-order valence-corrected chi connectivity index (χ4v) is 2.90. The molecule has 0 spiro atoms. The highest BCUT2D eigenvalue weighted by atomic mass is 32.1. The van der Waals surface area contributed by atoms with Crippen LogP contribution < -0.4 is 10.6 Å². The Hall–Kier alpha value is -0.380. The molecule has 1 aliphatic rings. The standard InChI is InChI=1S/C12H20N2S/c1-10-8-15-9-11(10)7-14-12-3-2-5-13-6-4-12/h8-9,12-14H,2-7H2,1H3. The maximum atomic E-state index is 3.67. The molecule has 84 valence electrons. The lowest BCUT2D eigenvalue weighted by Gasteiger charge is -2.15. The molecule has 2 nitrogen and oxygen atoms in total. The second-order valence-corrected chi connectivity index (χ2v) is 5.08. The number of hydrogen-bond acceptors (Lipinski definition) is 3. The Morgan fingerprint density at radius 3 is 3.13 bits per heavy atom. The molecule has 3 heteroatoms. The molecule has 1 aliphatic heterocycles. The molecule has 0 aliphatic carbocycles. The molecule has 1 unspecified atom stereocenters. The second kappa shape index (κ2) is 5.64. The van der Waals surface area contributed by atoms with E-state index in [4.69, 9.17) is 0 Å². The van der Waals surface area contributed by atoms with Gasteiger partial charge in [0.25, 0.3) is 0 Å². The van der Waals surface area contributed by atoms with E-state index in [1.54, 1.807) is 11.3 Å². The normalized spacial score (nSPS) is 22.6. The van der Waals surface area contributed by atoms with Crippen molar-refractivity contribution in [2.24, 2.45) is 0 Å². The fraction of sp³-hybridized carbons (Fsp3) is 0.667. The summed E-state index contributed by atoms with van der Waals surface area (Å²) in [6.07, 6.45) is 3.89. The second-order valence-electron chi connectivity index (χ2n) is 4.34. The van der Waals surface area contributed by atoms with Crippen LogP contribution in [0.2, 0.25) is 0 Å². The van der Waals surface area contributed by atoms with Crippen LogP contribution in [0.4, 0.5) is 0 Å². The molecule has 0 bridgehead atoms. The van der Waals surface area contributed by atoms with Crippen molar-refractivity contribution in [3.8, 4) is 0 Å². The van der Waals surface area contributed by atoms with E-state index in [-0.39, 0.29) is 0 Å². The van der Waals surface area contributed by atoms with Gasteiger partial charge in [0.1, 0.15) is 0 Å². The van der Waals surface area contributed by atoms with Gasteiger partial charge in [-0.1, -0.05) is 0 Å². The molecule has 1 saturated heterocycles. The lowest BCUT2D eigenvalue weighted by molar-refractivity contribution is 0.468. The Labute approximate surface area is 96.1 Å². The minimum Gasteiger partial charge on any atom is -0.317 e. The summed E-state index contributed by atoms with van der Waals surface area (Å²) in [7, 11) is 0. The highest BCUT2D eigenvalue weighted by Gasteiger charge is 2.11. The van der Waals surface area contributed by atoms with Crippen molar-refractivity contribution < 1.29 is 0 Å². The van der Waals surface area contributed by atoms with Crippen LogP contribution >= 0.6 is 11.3 Å². The highest BCUT2D eigenvalue weighted by Crippen LogP contribution is 2.14. The highest BCUT2D eigenvalue weighted by molar-refractivity contribution is 7.08. The Kier molecular flexibility index (Phi) is 4.18. The zero-order valence-corrected chi connectivity index (χ0v) is 10.2. The number of hydrogen-bond donors (Lipinski definition) is 2. The van der Waals surface area contributed by atoms with Crippen LogP contribution in [-0.4, -0.2) is 19.1 Å². The van der Waals surface area contributed by atoms with Gasteiger partial charge in [0.05, 0.1) is 0 Å². The summed E-state index contributed by atoms with van der Waals surface area (Å²) in [6.45, 7) is 5.60. The molecule has 2 heterocycles. The van der Waals surface area contributed by atoms with Gasteiger partial charge in [-0.05, 0) is 61.2 Å². The zero-order valence-electron chi connectivity index (χ0n) is 9.38. The summed E-state index contributed by atoms with van der Waals surface area (Å²) in [4.78, 5) is 0. The molecular weight excluding hydrogens is 204 g/mol. The molecule has 0 saturated carbocycles. The molecule has 2 rings (SSSR count). The average molecular weight is 224 g/mol. The van der Waals surface area contributed by atoms with E-state index in [1.807, 2.05) is 0 Å². The van der Waals surface area contributed by atoms with E-state index in [2.05, 4.69) is 28.3 Å². The molecule has 2 N–H and O–H groups in total.